The first-order valence-corrected chi connectivity index (χ1v) is 10.3. The van der Waals surface area contributed by atoms with Crippen molar-refractivity contribution in [2.75, 3.05) is 5.09 Å². The maximum absolute atomic E-state index is 13.4. The van der Waals surface area contributed by atoms with Crippen LogP contribution in [0.2, 0.25) is 0 Å². The Labute approximate surface area is 148 Å². The van der Waals surface area contributed by atoms with Gasteiger partial charge in [-0.15, -0.1) is 0 Å². The molecule has 2 aromatic rings. The molecule has 5 nitrogen and oxygen atoms in total. The molecule has 132 valence electrons. The van der Waals surface area contributed by atoms with Gasteiger partial charge in [-0.25, -0.2) is 4.57 Å². The van der Waals surface area contributed by atoms with E-state index in [1.54, 1.807) is 36.4 Å². The van der Waals surface area contributed by atoms with Gasteiger partial charge in [0.1, 0.15) is 0 Å². The summed E-state index contributed by atoms with van der Waals surface area (Å²) in [4.78, 5) is 12.5. The zero-order chi connectivity index (χ0) is 17.5. The van der Waals surface area contributed by atoms with Crippen LogP contribution in [0, 0.1) is 0 Å². The number of para-hydroxylation sites is 1. The Morgan fingerprint density at radius 3 is 2.16 bits per heavy atom. The summed E-state index contributed by atoms with van der Waals surface area (Å²) in [5.41, 5.74) is 1.10. The molecule has 0 bridgehead atoms. The summed E-state index contributed by atoms with van der Waals surface area (Å²) in [5.74, 6) is -0.414. The smallest absolute Gasteiger partial charge is 0.298 e. The quantitative estimate of drug-likeness (QED) is 0.714. The lowest BCUT2D eigenvalue weighted by atomic mass is 9.98. The Bertz CT molecular complexity index is 731. The SMILES string of the molecule is O=C(NP(=O)(Nc1ccccc1)OC1CCCCC1)c1ccccc1. The highest BCUT2D eigenvalue weighted by Crippen LogP contribution is 2.46. The molecule has 0 aliphatic heterocycles. The number of carbonyl (C=O) groups is 1. The minimum absolute atomic E-state index is 0.105. The third-order valence-corrected chi connectivity index (χ3v) is 5.83. The van der Waals surface area contributed by atoms with Crippen molar-refractivity contribution < 1.29 is 13.9 Å². The molecule has 1 aliphatic rings. The highest BCUT2D eigenvalue weighted by molar-refractivity contribution is 7.59. The van der Waals surface area contributed by atoms with Gasteiger partial charge in [0.25, 0.3) is 5.91 Å². The Kier molecular flexibility index (Phi) is 5.90. The van der Waals surface area contributed by atoms with E-state index < -0.39 is 13.6 Å². The molecule has 0 radical (unpaired) electrons. The average Bonchev–Trinajstić information content (AvgIpc) is 2.64. The number of hydrogen-bond acceptors (Lipinski definition) is 3. The Morgan fingerprint density at radius 1 is 0.920 bits per heavy atom. The first kappa shape index (κ1) is 17.7. The largest absolute Gasteiger partial charge is 0.394 e. The molecule has 1 saturated carbocycles. The minimum atomic E-state index is -3.58. The molecular formula is C19H23N2O3P. The van der Waals surface area contributed by atoms with Crippen molar-refractivity contribution in [2.45, 2.75) is 38.2 Å². The zero-order valence-electron chi connectivity index (χ0n) is 14.1. The van der Waals surface area contributed by atoms with Crippen LogP contribution in [0.4, 0.5) is 5.69 Å². The molecule has 2 aromatic carbocycles. The van der Waals surface area contributed by atoms with Gasteiger partial charge in [-0.3, -0.25) is 19.5 Å². The van der Waals surface area contributed by atoms with Gasteiger partial charge >= 0.3 is 7.67 Å². The molecule has 1 aliphatic carbocycles. The number of carbonyl (C=O) groups excluding carboxylic acids is 1. The van der Waals surface area contributed by atoms with Gasteiger partial charge in [-0.2, -0.15) is 0 Å². The van der Waals surface area contributed by atoms with E-state index in [2.05, 4.69) is 10.2 Å². The molecule has 1 fully saturated rings. The fourth-order valence-electron chi connectivity index (χ4n) is 2.93. The molecule has 6 heteroatoms. The van der Waals surface area contributed by atoms with Gasteiger partial charge in [0.2, 0.25) is 0 Å². The van der Waals surface area contributed by atoms with Gasteiger partial charge in [0.05, 0.1) is 6.10 Å². The molecule has 1 amide bonds. The molecular weight excluding hydrogens is 335 g/mol. The number of hydrogen-bond donors (Lipinski definition) is 2. The van der Waals surface area contributed by atoms with Crippen LogP contribution in [-0.2, 0) is 9.09 Å². The van der Waals surface area contributed by atoms with Crippen LogP contribution in [0.1, 0.15) is 42.5 Å². The van der Waals surface area contributed by atoms with E-state index in [9.17, 15) is 9.36 Å². The van der Waals surface area contributed by atoms with Crippen LogP contribution in [0.3, 0.4) is 0 Å². The third kappa shape index (κ3) is 5.18. The zero-order valence-corrected chi connectivity index (χ0v) is 15.0. The van der Waals surface area contributed by atoms with Crippen molar-refractivity contribution in [3.05, 3.63) is 66.2 Å². The maximum Gasteiger partial charge on any atom is 0.394 e. The summed E-state index contributed by atoms with van der Waals surface area (Å²) >= 11 is 0. The summed E-state index contributed by atoms with van der Waals surface area (Å²) in [6.45, 7) is 0. The summed E-state index contributed by atoms with van der Waals surface area (Å²) in [7, 11) is -3.58. The standard InChI is InChI=1S/C19H23N2O3P/c22-19(16-10-4-1-5-11-16)21-25(23,20-17-12-6-2-7-13-17)24-18-14-8-3-9-15-18/h1-2,4-7,10-13,18H,3,8-9,14-15H2,(H2,20,21,22,23). The van der Waals surface area contributed by atoms with E-state index >= 15 is 0 Å². The number of benzene rings is 2. The first-order valence-electron chi connectivity index (χ1n) is 8.64. The second-order valence-corrected chi connectivity index (χ2v) is 7.96. The van der Waals surface area contributed by atoms with Gasteiger partial charge in [0.15, 0.2) is 0 Å². The van der Waals surface area contributed by atoms with Crippen molar-refractivity contribution in [1.82, 2.24) is 5.09 Å². The Hall–Kier alpha value is -2.10. The number of amides is 1. The topological polar surface area (TPSA) is 67.4 Å². The molecule has 2 N–H and O–H groups in total. The fraction of sp³-hybridized carbons (Fsp3) is 0.316. The summed E-state index contributed by atoms with van der Waals surface area (Å²) in [5, 5.41) is 5.49. The second-order valence-electron chi connectivity index (χ2n) is 6.20. The van der Waals surface area contributed by atoms with Crippen molar-refractivity contribution in [1.29, 1.82) is 0 Å². The maximum atomic E-state index is 13.4. The second kappa shape index (κ2) is 8.32. The van der Waals surface area contributed by atoms with E-state index in [0.29, 0.717) is 11.3 Å². The molecule has 1 unspecified atom stereocenters. The van der Waals surface area contributed by atoms with Crippen molar-refractivity contribution in [3.8, 4) is 0 Å². The van der Waals surface area contributed by atoms with Crippen LogP contribution >= 0.6 is 7.67 Å². The van der Waals surface area contributed by atoms with Gasteiger partial charge in [-0.05, 0) is 37.1 Å². The van der Waals surface area contributed by atoms with Gasteiger partial charge < -0.3 is 0 Å². The normalized spacial score (nSPS) is 17.4. The molecule has 1 atom stereocenters. The van der Waals surface area contributed by atoms with Crippen molar-refractivity contribution in [2.24, 2.45) is 0 Å². The summed E-state index contributed by atoms with van der Waals surface area (Å²) < 4.78 is 19.3. The number of nitrogens with one attached hydrogen (secondary N) is 2. The monoisotopic (exact) mass is 358 g/mol. The lowest BCUT2D eigenvalue weighted by Crippen LogP contribution is -2.28. The average molecular weight is 358 g/mol. The van der Waals surface area contributed by atoms with Crippen LogP contribution in [-0.4, -0.2) is 12.0 Å². The molecule has 0 heterocycles. The molecule has 25 heavy (non-hydrogen) atoms. The van der Waals surface area contributed by atoms with Gasteiger partial charge in [-0.1, -0.05) is 55.7 Å². The van der Waals surface area contributed by atoms with E-state index in [4.69, 9.17) is 4.52 Å². The lowest BCUT2D eigenvalue weighted by molar-refractivity contribution is 0.0964. The van der Waals surface area contributed by atoms with Crippen LogP contribution in [0.25, 0.3) is 0 Å². The van der Waals surface area contributed by atoms with Crippen LogP contribution in [0.5, 0.6) is 0 Å². The van der Waals surface area contributed by atoms with E-state index in [-0.39, 0.29) is 6.10 Å². The number of rotatable bonds is 6. The predicted molar refractivity (Wildman–Crippen MR) is 99.5 cm³/mol. The molecule has 0 spiro atoms. The van der Waals surface area contributed by atoms with E-state index in [1.807, 2.05) is 24.3 Å². The highest BCUT2D eigenvalue weighted by Gasteiger charge is 2.31. The van der Waals surface area contributed by atoms with E-state index in [0.717, 1.165) is 25.7 Å². The fourth-order valence-corrected chi connectivity index (χ4v) is 4.61. The lowest BCUT2D eigenvalue weighted by Gasteiger charge is -2.28. The van der Waals surface area contributed by atoms with E-state index in [1.165, 1.54) is 6.42 Å². The predicted octanol–water partition coefficient (Wildman–Crippen LogP) is 4.99. The van der Waals surface area contributed by atoms with Crippen molar-refractivity contribution in [3.63, 3.8) is 0 Å². The Balaban J connectivity index is 1.77. The molecule has 0 aromatic heterocycles. The summed E-state index contributed by atoms with van der Waals surface area (Å²) in [6.07, 6.45) is 4.91. The Morgan fingerprint density at radius 2 is 1.52 bits per heavy atom. The van der Waals surface area contributed by atoms with Crippen LogP contribution < -0.4 is 10.2 Å². The first-order chi connectivity index (χ1) is 12.1. The minimum Gasteiger partial charge on any atom is -0.298 e. The molecule has 0 saturated heterocycles. The van der Waals surface area contributed by atoms with Crippen molar-refractivity contribution >= 4 is 19.3 Å². The molecule has 3 rings (SSSR count). The van der Waals surface area contributed by atoms with Gasteiger partial charge in [0, 0.05) is 11.3 Å². The highest BCUT2D eigenvalue weighted by atomic mass is 31.2. The third-order valence-electron chi connectivity index (χ3n) is 4.18. The summed E-state index contributed by atoms with van der Waals surface area (Å²) in [6, 6.07) is 17.9. The van der Waals surface area contributed by atoms with Crippen LogP contribution in [0.15, 0.2) is 60.7 Å². The number of anilines is 1.